The summed E-state index contributed by atoms with van der Waals surface area (Å²) in [5.41, 5.74) is 8.24. The van der Waals surface area contributed by atoms with Crippen molar-refractivity contribution in [3.05, 3.63) is 52.0 Å². The van der Waals surface area contributed by atoms with Gasteiger partial charge in [-0.1, -0.05) is 24.3 Å². The van der Waals surface area contributed by atoms with Gasteiger partial charge in [-0.05, 0) is 24.1 Å². The average Bonchev–Trinajstić information content (AvgIpc) is 2.79. The molecule has 2 heterocycles. The molecule has 23 heavy (non-hydrogen) atoms. The number of hydrogen-bond acceptors (Lipinski definition) is 5. The second-order valence-corrected chi connectivity index (χ2v) is 6.67. The molecule has 0 aliphatic carbocycles. The van der Waals surface area contributed by atoms with Crippen LogP contribution in [0.15, 0.2) is 30.3 Å². The van der Waals surface area contributed by atoms with Crippen LogP contribution in [0.2, 0.25) is 0 Å². The van der Waals surface area contributed by atoms with E-state index in [2.05, 4.69) is 16.0 Å². The van der Waals surface area contributed by atoms with Crippen LogP contribution >= 0.6 is 11.3 Å². The Bertz CT molecular complexity index is 696. The summed E-state index contributed by atoms with van der Waals surface area (Å²) < 4.78 is 0. The molecule has 120 valence electrons. The molecule has 0 atom stereocenters. The summed E-state index contributed by atoms with van der Waals surface area (Å²) in [6.07, 6.45) is 6.11. The van der Waals surface area contributed by atoms with Gasteiger partial charge >= 0.3 is 5.97 Å². The predicted octanol–water partition coefficient (Wildman–Crippen LogP) is 2.54. The first-order chi connectivity index (χ1) is 11.1. The van der Waals surface area contributed by atoms with Gasteiger partial charge in [0, 0.05) is 30.9 Å². The van der Waals surface area contributed by atoms with E-state index >= 15 is 0 Å². The smallest absolute Gasteiger partial charge is 0.335 e. The van der Waals surface area contributed by atoms with Crippen LogP contribution < -0.4 is 5.73 Å². The normalized spacial score (nSPS) is 15.5. The van der Waals surface area contributed by atoms with Crippen LogP contribution in [0.25, 0.3) is 6.08 Å². The van der Waals surface area contributed by atoms with Crippen LogP contribution in [0.5, 0.6) is 0 Å². The van der Waals surface area contributed by atoms with Crippen LogP contribution in [0.1, 0.15) is 26.5 Å². The molecular weight excluding hydrogens is 310 g/mol. The van der Waals surface area contributed by atoms with Crippen molar-refractivity contribution in [3.8, 4) is 0 Å². The summed E-state index contributed by atoms with van der Waals surface area (Å²) in [6.45, 7) is 2.88. The lowest BCUT2D eigenvalue weighted by Crippen LogP contribution is -2.26. The van der Waals surface area contributed by atoms with Gasteiger partial charge in [0.15, 0.2) is 5.13 Å². The molecule has 3 N–H and O–H groups in total. The lowest BCUT2D eigenvalue weighted by molar-refractivity contribution is 0.0697. The molecule has 0 unspecified atom stereocenters. The molecule has 0 saturated carbocycles. The summed E-state index contributed by atoms with van der Waals surface area (Å²) in [4.78, 5) is 18.9. The second kappa shape index (κ2) is 6.93. The Kier molecular flexibility index (Phi) is 4.73. The molecule has 0 amide bonds. The topological polar surface area (TPSA) is 79.5 Å². The van der Waals surface area contributed by atoms with Crippen LogP contribution in [-0.4, -0.2) is 40.6 Å². The van der Waals surface area contributed by atoms with E-state index in [0.717, 1.165) is 43.7 Å². The minimum atomic E-state index is -0.896. The number of benzene rings is 1. The maximum Gasteiger partial charge on any atom is 0.335 e. The fourth-order valence-electron chi connectivity index (χ4n) is 2.69. The largest absolute Gasteiger partial charge is 0.478 e. The van der Waals surface area contributed by atoms with Crippen molar-refractivity contribution in [3.63, 3.8) is 0 Å². The Morgan fingerprint density at radius 2 is 2.04 bits per heavy atom. The van der Waals surface area contributed by atoms with Crippen molar-refractivity contribution in [2.75, 3.05) is 25.4 Å². The standard InChI is InChI=1S/C17H19N3O2S/c18-17-19-14-7-10-20(11-8-15(14)23-17)9-1-2-12-3-5-13(6-4-12)16(21)22/h1-6H,7-11H2,(H2,18,19)(H,21,22)/b2-1+. The van der Waals surface area contributed by atoms with E-state index in [1.165, 1.54) is 4.88 Å². The van der Waals surface area contributed by atoms with E-state index in [-0.39, 0.29) is 0 Å². The molecule has 3 rings (SSSR count). The number of carboxylic acids is 1. The molecule has 2 aromatic rings. The van der Waals surface area contributed by atoms with Gasteiger partial charge in [0.25, 0.3) is 0 Å². The maximum absolute atomic E-state index is 10.8. The number of nitrogen functional groups attached to an aromatic ring is 1. The monoisotopic (exact) mass is 329 g/mol. The zero-order valence-electron chi connectivity index (χ0n) is 12.7. The van der Waals surface area contributed by atoms with Crippen LogP contribution in [-0.2, 0) is 12.8 Å². The molecule has 1 aromatic carbocycles. The van der Waals surface area contributed by atoms with Gasteiger partial charge in [0.2, 0.25) is 0 Å². The van der Waals surface area contributed by atoms with E-state index in [1.54, 1.807) is 23.5 Å². The molecule has 0 radical (unpaired) electrons. The lowest BCUT2D eigenvalue weighted by atomic mass is 10.1. The molecule has 0 fully saturated rings. The Labute approximate surface area is 139 Å². The quantitative estimate of drug-likeness (QED) is 0.901. The SMILES string of the molecule is Nc1nc2c(s1)CCN(C/C=C/c1ccc(C(=O)O)cc1)CC2. The Morgan fingerprint density at radius 1 is 1.30 bits per heavy atom. The van der Waals surface area contributed by atoms with Crippen molar-refractivity contribution in [2.24, 2.45) is 0 Å². The third-order valence-electron chi connectivity index (χ3n) is 3.95. The number of nitrogens with two attached hydrogens (primary N) is 1. The van der Waals surface area contributed by atoms with E-state index in [9.17, 15) is 4.79 Å². The number of fused-ring (bicyclic) bond motifs is 1. The van der Waals surface area contributed by atoms with E-state index < -0.39 is 5.97 Å². The van der Waals surface area contributed by atoms with E-state index in [1.807, 2.05) is 18.2 Å². The van der Waals surface area contributed by atoms with Crippen molar-refractivity contribution in [2.45, 2.75) is 12.8 Å². The van der Waals surface area contributed by atoms with Crippen LogP contribution in [0, 0.1) is 0 Å². The zero-order chi connectivity index (χ0) is 16.2. The molecule has 1 aromatic heterocycles. The molecule has 1 aliphatic heterocycles. The Morgan fingerprint density at radius 3 is 2.78 bits per heavy atom. The number of carboxylic acid groups (broad SMARTS) is 1. The highest BCUT2D eigenvalue weighted by Gasteiger charge is 2.16. The fraction of sp³-hybridized carbons (Fsp3) is 0.294. The molecule has 1 aliphatic rings. The third-order valence-corrected chi connectivity index (χ3v) is 4.93. The zero-order valence-corrected chi connectivity index (χ0v) is 13.6. The molecule has 5 nitrogen and oxygen atoms in total. The molecule has 0 saturated heterocycles. The van der Waals surface area contributed by atoms with Crippen molar-refractivity contribution >= 4 is 28.5 Å². The Balaban J connectivity index is 1.54. The number of aromatic nitrogens is 1. The van der Waals surface area contributed by atoms with Gasteiger partial charge in [0.1, 0.15) is 0 Å². The van der Waals surface area contributed by atoms with Crippen molar-refractivity contribution in [1.82, 2.24) is 9.88 Å². The van der Waals surface area contributed by atoms with Gasteiger partial charge in [-0.2, -0.15) is 0 Å². The first-order valence-corrected chi connectivity index (χ1v) is 8.40. The predicted molar refractivity (Wildman–Crippen MR) is 92.8 cm³/mol. The summed E-state index contributed by atoms with van der Waals surface area (Å²) in [5, 5.41) is 9.56. The Hall–Kier alpha value is -2.18. The van der Waals surface area contributed by atoms with Crippen LogP contribution in [0.4, 0.5) is 5.13 Å². The first kappa shape index (κ1) is 15.7. The first-order valence-electron chi connectivity index (χ1n) is 7.58. The molecular formula is C17H19N3O2S. The fourth-order valence-corrected chi connectivity index (χ4v) is 3.55. The minimum Gasteiger partial charge on any atom is -0.478 e. The average molecular weight is 329 g/mol. The summed E-state index contributed by atoms with van der Waals surface area (Å²) in [7, 11) is 0. The number of anilines is 1. The number of hydrogen-bond donors (Lipinski definition) is 2. The highest BCUT2D eigenvalue weighted by Crippen LogP contribution is 2.24. The number of thiazole rings is 1. The molecule has 6 heteroatoms. The molecule has 0 bridgehead atoms. The van der Waals surface area contributed by atoms with Gasteiger partial charge in [0.05, 0.1) is 11.3 Å². The van der Waals surface area contributed by atoms with Gasteiger partial charge in [-0.25, -0.2) is 9.78 Å². The van der Waals surface area contributed by atoms with E-state index in [0.29, 0.717) is 10.7 Å². The van der Waals surface area contributed by atoms with Crippen molar-refractivity contribution < 1.29 is 9.90 Å². The number of nitrogens with zero attached hydrogens (tertiary/aromatic N) is 2. The van der Waals surface area contributed by atoms with Gasteiger partial charge in [-0.15, -0.1) is 11.3 Å². The summed E-state index contributed by atoms with van der Waals surface area (Å²) >= 11 is 1.60. The summed E-state index contributed by atoms with van der Waals surface area (Å²) in [5.74, 6) is -0.896. The lowest BCUT2D eigenvalue weighted by Gasteiger charge is -2.17. The van der Waals surface area contributed by atoms with Gasteiger partial charge in [-0.3, -0.25) is 4.90 Å². The van der Waals surface area contributed by atoms with Crippen molar-refractivity contribution in [1.29, 1.82) is 0 Å². The highest BCUT2D eigenvalue weighted by molar-refractivity contribution is 7.15. The number of rotatable bonds is 4. The van der Waals surface area contributed by atoms with Gasteiger partial charge < -0.3 is 10.8 Å². The number of aromatic carboxylic acids is 1. The van der Waals surface area contributed by atoms with E-state index in [4.69, 9.17) is 10.8 Å². The molecule has 0 spiro atoms. The minimum absolute atomic E-state index is 0.313. The van der Waals surface area contributed by atoms with Crippen LogP contribution in [0.3, 0.4) is 0 Å². The highest BCUT2D eigenvalue weighted by atomic mass is 32.1. The third kappa shape index (κ3) is 3.97. The number of carbonyl (C=O) groups is 1. The summed E-state index contributed by atoms with van der Waals surface area (Å²) in [6, 6.07) is 6.91. The second-order valence-electron chi connectivity index (χ2n) is 5.55. The maximum atomic E-state index is 10.8.